The number of benzene rings is 1. The van der Waals surface area contributed by atoms with Gasteiger partial charge in [0.25, 0.3) is 0 Å². The van der Waals surface area contributed by atoms with E-state index in [2.05, 4.69) is 5.32 Å². The number of ether oxygens (including phenoxy) is 1. The predicted octanol–water partition coefficient (Wildman–Crippen LogP) is 2.21. The molecule has 1 fully saturated rings. The van der Waals surface area contributed by atoms with E-state index in [1.165, 1.54) is 11.8 Å². The van der Waals surface area contributed by atoms with E-state index in [4.69, 9.17) is 4.74 Å². The maximum atomic E-state index is 11.9. The number of aliphatic hydroxyl groups is 1. The summed E-state index contributed by atoms with van der Waals surface area (Å²) in [6.07, 6.45) is 2.83. The summed E-state index contributed by atoms with van der Waals surface area (Å²) in [5, 5.41) is 12.3. The Morgan fingerprint density at radius 2 is 2.10 bits per heavy atom. The number of carbonyl (C=O) groups excluding carboxylic acids is 1. The normalized spacial score (nSPS) is 16.3. The van der Waals surface area contributed by atoms with E-state index in [1.807, 2.05) is 31.2 Å². The zero-order valence-electron chi connectivity index (χ0n) is 11.7. The molecule has 0 unspecified atom stereocenters. The summed E-state index contributed by atoms with van der Waals surface area (Å²) in [5.74, 6) is 1.20. The van der Waals surface area contributed by atoms with Gasteiger partial charge in [0.2, 0.25) is 5.91 Å². The van der Waals surface area contributed by atoms with Crippen LogP contribution in [0.5, 0.6) is 5.75 Å². The van der Waals surface area contributed by atoms with E-state index in [-0.39, 0.29) is 18.1 Å². The van der Waals surface area contributed by atoms with Crippen molar-refractivity contribution in [2.24, 2.45) is 0 Å². The number of carbonyl (C=O) groups is 1. The van der Waals surface area contributed by atoms with Gasteiger partial charge in [0.15, 0.2) is 0 Å². The van der Waals surface area contributed by atoms with Gasteiger partial charge in [0, 0.05) is 4.90 Å². The molecule has 0 aromatic heterocycles. The van der Waals surface area contributed by atoms with Gasteiger partial charge in [0.1, 0.15) is 5.75 Å². The highest BCUT2D eigenvalue weighted by Crippen LogP contribution is 2.31. The lowest BCUT2D eigenvalue weighted by Crippen LogP contribution is -2.56. The molecule has 0 radical (unpaired) electrons. The number of hydrogen-bond donors (Lipinski definition) is 2. The first kappa shape index (κ1) is 15.2. The van der Waals surface area contributed by atoms with Crippen molar-refractivity contribution in [2.45, 2.75) is 36.6 Å². The molecule has 2 rings (SSSR count). The highest BCUT2D eigenvalue weighted by Gasteiger charge is 2.37. The lowest BCUT2D eigenvalue weighted by Gasteiger charge is -2.40. The summed E-state index contributed by atoms with van der Waals surface area (Å²) in [7, 11) is 0. The van der Waals surface area contributed by atoms with Crippen molar-refractivity contribution in [1.82, 2.24) is 5.32 Å². The molecule has 20 heavy (non-hydrogen) atoms. The minimum Gasteiger partial charge on any atom is -0.494 e. The Morgan fingerprint density at radius 3 is 2.60 bits per heavy atom. The average Bonchev–Trinajstić information content (AvgIpc) is 2.42. The Bertz CT molecular complexity index is 437. The quantitative estimate of drug-likeness (QED) is 0.757. The third-order valence-electron chi connectivity index (χ3n) is 3.52. The van der Waals surface area contributed by atoms with Crippen molar-refractivity contribution in [2.75, 3.05) is 19.0 Å². The molecule has 110 valence electrons. The smallest absolute Gasteiger partial charge is 0.230 e. The maximum absolute atomic E-state index is 11.9. The molecule has 2 N–H and O–H groups in total. The van der Waals surface area contributed by atoms with Crippen LogP contribution in [0.15, 0.2) is 29.2 Å². The molecule has 4 nitrogen and oxygen atoms in total. The van der Waals surface area contributed by atoms with E-state index in [1.54, 1.807) is 0 Å². The number of hydrogen-bond acceptors (Lipinski definition) is 4. The SMILES string of the molecule is CCOc1ccc(SCC(=O)NC2(CO)CCC2)cc1. The number of nitrogens with one attached hydrogen (secondary N) is 1. The van der Waals surface area contributed by atoms with Gasteiger partial charge in [-0.15, -0.1) is 11.8 Å². The van der Waals surface area contributed by atoms with Crippen LogP contribution in [0.2, 0.25) is 0 Å². The molecular weight excluding hydrogens is 274 g/mol. The molecule has 1 saturated carbocycles. The van der Waals surface area contributed by atoms with Crippen LogP contribution in [0.4, 0.5) is 0 Å². The highest BCUT2D eigenvalue weighted by atomic mass is 32.2. The van der Waals surface area contributed by atoms with Crippen LogP contribution in [-0.2, 0) is 4.79 Å². The van der Waals surface area contributed by atoms with Gasteiger partial charge in [-0.1, -0.05) is 0 Å². The maximum Gasteiger partial charge on any atom is 0.230 e. The number of rotatable bonds is 7. The number of thioether (sulfide) groups is 1. The molecule has 5 heteroatoms. The molecule has 0 atom stereocenters. The topological polar surface area (TPSA) is 58.6 Å². The molecule has 0 aliphatic heterocycles. The van der Waals surface area contributed by atoms with Crippen LogP contribution in [0.25, 0.3) is 0 Å². The molecule has 0 spiro atoms. The fraction of sp³-hybridized carbons (Fsp3) is 0.533. The summed E-state index contributed by atoms with van der Waals surface area (Å²) in [4.78, 5) is 12.9. The van der Waals surface area contributed by atoms with E-state index in [0.717, 1.165) is 29.9 Å². The highest BCUT2D eigenvalue weighted by molar-refractivity contribution is 8.00. The fourth-order valence-electron chi connectivity index (χ4n) is 2.21. The van der Waals surface area contributed by atoms with E-state index < -0.39 is 0 Å². The van der Waals surface area contributed by atoms with Gasteiger partial charge < -0.3 is 15.2 Å². The minimum absolute atomic E-state index is 0.0161. The largest absolute Gasteiger partial charge is 0.494 e. The number of aliphatic hydroxyl groups excluding tert-OH is 1. The standard InChI is InChI=1S/C15H21NO3S/c1-2-19-12-4-6-13(7-5-12)20-10-14(18)16-15(11-17)8-3-9-15/h4-7,17H,2-3,8-11H2,1H3,(H,16,18). The van der Waals surface area contributed by atoms with Crippen molar-refractivity contribution < 1.29 is 14.6 Å². The zero-order chi connectivity index (χ0) is 14.4. The van der Waals surface area contributed by atoms with Gasteiger partial charge in [-0.25, -0.2) is 0 Å². The van der Waals surface area contributed by atoms with Crippen LogP contribution in [-0.4, -0.2) is 35.5 Å². The molecule has 1 amide bonds. The van der Waals surface area contributed by atoms with Crippen molar-refractivity contribution in [3.63, 3.8) is 0 Å². The monoisotopic (exact) mass is 295 g/mol. The molecule has 0 bridgehead atoms. The Hall–Kier alpha value is -1.20. The lowest BCUT2D eigenvalue weighted by atomic mass is 9.77. The van der Waals surface area contributed by atoms with E-state index in [9.17, 15) is 9.90 Å². The van der Waals surface area contributed by atoms with Gasteiger partial charge in [-0.05, 0) is 50.5 Å². The first-order valence-electron chi connectivity index (χ1n) is 6.95. The van der Waals surface area contributed by atoms with Gasteiger partial charge in [-0.3, -0.25) is 4.79 Å². The Labute approximate surface area is 123 Å². The second-order valence-electron chi connectivity index (χ2n) is 5.03. The minimum atomic E-state index is -0.351. The second kappa shape index (κ2) is 6.99. The second-order valence-corrected chi connectivity index (χ2v) is 6.08. The summed E-state index contributed by atoms with van der Waals surface area (Å²) < 4.78 is 5.37. The Kier molecular flexibility index (Phi) is 5.31. The fourth-order valence-corrected chi connectivity index (χ4v) is 2.90. The van der Waals surface area contributed by atoms with Crippen LogP contribution in [0.1, 0.15) is 26.2 Å². The molecular formula is C15H21NO3S. The third-order valence-corrected chi connectivity index (χ3v) is 4.53. The molecule has 1 aliphatic carbocycles. The Balaban J connectivity index is 1.78. The van der Waals surface area contributed by atoms with Crippen molar-refractivity contribution in [3.05, 3.63) is 24.3 Å². The van der Waals surface area contributed by atoms with Gasteiger partial charge in [0.05, 0.1) is 24.5 Å². The third kappa shape index (κ3) is 3.90. The van der Waals surface area contributed by atoms with E-state index >= 15 is 0 Å². The van der Waals surface area contributed by atoms with Crippen molar-refractivity contribution in [3.8, 4) is 5.75 Å². The first-order valence-corrected chi connectivity index (χ1v) is 7.93. The van der Waals surface area contributed by atoms with Crippen molar-refractivity contribution in [1.29, 1.82) is 0 Å². The lowest BCUT2D eigenvalue weighted by molar-refractivity contribution is -0.122. The molecule has 1 aliphatic rings. The van der Waals surface area contributed by atoms with Crippen LogP contribution < -0.4 is 10.1 Å². The molecule has 0 heterocycles. The average molecular weight is 295 g/mol. The van der Waals surface area contributed by atoms with Crippen molar-refractivity contribution >= 4 is 17.7 Å². The first-order chi connectivity index (χ1) is 9.67. The van der Waals surface area contributed by atoms with Crippen LogP contribution in [0.3, 0.4) is 0 Å². The van der Waals surface area contributed by atoms with Gasteiger partial charge in [-0.2, -0.15) is 0 Å². The van der Waals surface area contributed by atoms with Crippen LogP contribution in [0, 0.1) is 0 Å². The Morgan fingerprint density at radius 1 is 1.40 bits per heavy atom. The summed E-state index contributed by atoms with van der Waals surface area (Å²) >= 11 is 1.49. The number of amides is 1. The van der Waals surface area contributed by atoms with E-state index in [0.29, 0.717) is 12.4 Å². The molecule has 1 aromatic rings. The zero-order valence-corrected chi connectivity index (χ0v) is 12.5. The summed E-state index contributed by atoms with van der Waals surface area (Å²) in [5.41, 5.74) is -0.351. The predicted molar refractivity (Wildman–Crippen MR) is 80.1 cm³/mol. The molecule has 1 aromatic carbocycles. The summed E-state index contributed by atoms with van der Waals surface area (Å²) in [6, 6.07) is 7.72. The van der Waals surface area contributed by atoms with Gasteiger partial charge >= 0.3 is 0 Å². The van der Waals surface area contributed by atoms with Crippen LogP contribution >= 0.6 is 11.8 Å². The summed E-state index contributed by atoms with van der Waals surface area (Å²) in [6.45, 7) is 2.63. The molecule has 0 saturated heterocycles.